The van der Waals surface area contributed by atoms with Crippen LogP contribution in [0.1, 0.15) is 18.3 Å². The largest absolute Gasteiger partial charge is 0.321 e. The first kappa shape index (κ1) is 17.8. The van der Waals surface area contributed by atoms with Crippen LogP contribution in [0.3, 0.4) is 0 Å². The summed E-state index contributed by atoms with van der Waals surface area (Å²) in [6, 6.07) is 15.0. The zero-order valence-electron chi connectivity index (χ0n) is 15.0. The second-order valence-corrected chi connectivity index (χ2v) is 6.40. The van der Waals surface area contributed by atoms with E-state index in [1.807, 2.05) is 56.3 Å². The van der Waals surface area contributed by atoms with Crippen LogP contribution in [0.25, 0.3) is 10.9 Å². The number of hydrogen-bond acceptors (Lipinski definition) is 3. The number of carbonyl (C=O) groups is 1. The topological polar surface area (TPSA) is 79.3 Å². The standard InChI is InChI=1S/C20H22N4O2/c1-3-24(13-19(25)21-15-8-6-7-14(2)11-15)12-18-22-17-10-5-4-9-16(17)20(26)23-18/h4-11H,3,12-13H2,1-2H3,(H,21,25)(H,22,23,26)/p+1. The number of hydrogen-bond donors (Lipinski definition) is 3. The molecule has 0 saturated heterocycles. The van der Waals surface area contributed by atoms with Crippen LogP contribution in [0, 0.1) is 6.92 Å². The van der Waals surface area contributed by atoms with Crippen LogP contribution in [-0.2, 0) is 11.3 Å². The van der Waals surface area contributed by atoms with Gasteiger partial charge in [-0.3, -0.25) is 9.59 Å². The second kappa shape index (κ2) is 7.93. The molecular weight excluding hydrogens is 328 g/mol. The average molecular weight is 351 g/mol. The average Bonchev–Trinajstić information content (AvgIpc) is 2.61. The number of nitrogens with one attached hydrogen (secondary N) is 3. The summed E-state index contributed by atoms with van der Waals surface area (Å²) in [5.41, 5.74) is 2.42. The summed E-state index contributed by atoms with van der Waals surface area (Å²) in [6.45, 7) is 5.53. The minimum atomic E-state index is -0.148. The molecule has 1 aromatic heterocycles. The van der Waals surface area contributed by atoms with E-state index in [1.54, 1.807) is 6.07 Å². The number of carbonyl (C=O) groups excluding carboxylic acids is 1. The highest BCUT2D eigenvalue weighted by atomic mass is 16.2. The first-order chi connectivity index (χ1) is 12.5. The molecule has 6 heteroatoms. The van der Waals surface area contributed by atoms with Gasteiger partial charge in [0.15, 0.2) is 12.4 Å². The Kier molecular flexibility index (Phi) is 5.43. The first-order valence-corrected chi connectivity index (χ1v) is 8.73. The predicted molar refractivity (Wildman–Crippen MR) is 102 cm³/mol. The van der Waals surface area contributed by atoms with E-state index >= 15 is 0 Å². The van der Waals surface area contributed by atoms with Crippen LogP contribution in [0.5, 0.6) is 0 Å². The third-order valence-electron chi connectivity index (χ3n) is 4.29. The fraction of sp³-hybridized carbons (Fsp3) is 0.250. The molecule has 1 heterocycles. The minimum Gasteiger partial charge on any atom is -0.321 e. The van der Waals surface area contributed by atoms with Crippen molar-refractivity contribution in [1.29, 1.82) is 0 Å². The van der Waals surface area contributed by atoms with E-state index in [0.717, 1.165) is 22.7 Å². The summed E-state index contributed by atoms with van der Waals surface area (Å²) in [4.78, 5) is 32.9. The van der Waals surface area contributed by atoms with Gasteiger partial charge in [-0.1, -0.05) is 24.3 Å². The molecule has 1 amide bonds. The van der Waals surface area contributed by atoms with Crippen molar-refractivity contribution in [1.82, 2.24) is 9.97 Å². The number of para-hydroxylation sites is 1. The lowest BCUT2D eigenvalue weighted by Gasteiger charge is -2.17. The maximum atomic E-state index is 12.3. The molecular formula is C20H23N4O2+. The fourth-order valence-electron chi connectivity index (χ4n) is 2.92. The SMILES string of the molecule is CC[NH+](CC(=O)Nc1cccc(C)c1)Cc1nc2ccccc2c(=O)[nH]1. The van der Waals surface area contributed by atoms with Gasteiger partial charge >= 0.3 is 0 Å². The molecule has 1 atom stereocenters. The second-order valence-electron chi connectivity index (χ2n) is 6.40. The third-order valence-corrected chi connectivity index (χ3v) is 4.29. The molecule has 3 rings (SSSR count). The summed E-state index contributed by atoms with van der Waals surface area (Å²) in [5.74, 6) is 0.532. The molecule has 2 aromatic carbocycles. The Balaban J connectivity index is 1.69. The van der Waals surface area contributed by atoms with Crippen LogP contribution in [0.4, 0.5) is 5.69 Å². The molecule has 134 valence electrons. The summed E-state index contributed by atoms with van der Waals surface area (Å²) in [6.07, 6.45) is 0. The Morgan fingerprint density at radius 1 is 1.19 bits per heavy atom. The highest BCUT2D eigenvalue weighted by Gasteiger charge is 2.15. The van der Waals surface area contributed by atoms with E-state index in [2.05, 4.69) is 15.3 Å². The molecule has 0 aliphatic carbocycles. The zero-order valence-corrected chi connectivity index (χ0v) is 15.0. The van der Waals surface area contributed by atoms with E-state index in [1.165, 1.54) is 0 Å². The summed E-state index contributed by atoms with van der Waals surface area (Å²) in [7, 11) is 0. The van der Waals surface area contributed by atoms with Gasteiger partial charge in [-0.2, -0.15) is 0 Å². The van der Waals surface area contributed by atoms with E-state index in [0.29, 0.717) is 29.8 Å². The molecule has 0 aliphatic rings. The summed E-state index contributed by atoms with van der Waals surface area (Å²) < 4.78 is 0. The number of quaternary nitrogens is 1. The van der Waals surface area contributed by atoms with Crippen molar-refractivity contribution < 1.29 is 9.69 Å². The number of fused-ring (bicyclic) bond motifs is 1. The van der Waals surface area contributed by atoms with Crippen molar-refractivity contribution in [3.63, 3.8) is 0 Å². The van der Waals surface area contributed by atoms with Gasteiger partial charge in [-0.15, -0.1) is 0 Å². The van der Waals surface area contributed by atoms with Crippen molar-refractivity contribution in [2.24, 2.45) is 0 Å². The number of aromatic amines is 1. The number of H-pyrrole nitrogens is 1. The minimum absolute atomic E-state index is 0.0596. The number of anilines is 1. The highest BCUT2D eigenvalue weighted by molar-refractivity contribution is 5.91. The van der Waals surface area contributed by atoms with Gasteiger partial charge in [0.05, 0.1) is 17.4 Å². The molecule has 0 radical (unpaired) electrons. The van der Waals surface area contributed by atoms with Crippen LogP contribution in [-0.4, -0.2) is 29.0 Å². The van der Waals surface area contributed by atoms with Gasteiger partial charge in [0.1, 0.15) is 6.54 Å². The first-order valence-electron chi connectivity index (χ1n) is 8.73. The lowest BCUT2D eigenvalue weighted by atomic mass is 10.2. The zero-order chi connectivity index (χ0) is 18.5. The number of aromatic nitrogens is 2. The van der Waals surface area contributed by atoms with Gasteiger partial charge in [0.2, 0.25) is 0 Å². The molecule has 0 spiro atoms. The molecule has 0 saturated carbocycles. The summed E-state index contributed by atoms with van der Waals surface area (Å²) >= 11 is 0. The maximum absolute atomic E-state index is 12.3. The molecule has 1 unspecified atom stereocenters. The third kappa shape index (κ3) is 4.34. The Morgan fingerprint density at radius 2 is 2.00 bits per heavy atom. The highest BCUT2D eigenvalue weighted by Crippen LogP contribution is 2.09. The molecule has 26 heavy (non-hydrogen) atoms. The van der Waals surface area contributed by atoms with Crippen LogP contribution < -0.4 is 15.8 Å². The Morgan fingerprint density at radius 3 is 2.77 bits per heavy atom. The van der Waals surface area contributed by atoms with Crippen LogP contribution >= 0.6 is 0 Å². The summed E-state index contributed by atoms with van der Waals surface area (Å²) in [5, 5.41) is 3.50. The molecule has 0 fully saturated rings. The van der Waals surface area contributed by atoms with Crippen molar-refractivity contribution in [2.75, 3.05) is 18.4 Å². The predicted octanol–water partition coefficient (Wildman–Crippen LogP) is 1.28. The van der Waals surface area contributed by atoms with E-state index in [9.17, 15) is 9.59 Å². The molecule has 6 nitrogen and oxygen atoms in total. The number of nitrogens with zero attached hydrogens (tertiary/aromatic N) is 1. The van der Waals surface area contributed by atoms with E-state index in [4.69, 9.17) is 0 Å². The lowest BCUT2D eigenvalue weighted by Crippen LogP contribution is -3.11. The van der Waals surface area contributed by atoms with Gasteiger partial charge < -0.3 is 15.2 Å². The van der Waals surface area contributed by atoms with Crippen LogP contribution in [0.2, 0.25) is 0 Å². The van der Waals surface area contributed by atoms with Gasteiger partial charge in [0.25, 0.3) is 11.5 Å². The van der Waals surface area contributed by atoms with E-state index < -0.39 is 0 Å². The maximum Gasteiger partial charge on any atom is 0.279 e. The number of amides is 1. The van der Waals surface area contributed by atoms with Crippen molar-refractivity contribution >= 4 is 22.5 Å². The van der Waals surface area contributed by atoms with Crippen molar-refractivity contribution in [3.8, 4) is 0 Å². The quantitative estimate of drug-likeness (QED) is 0.626. The number of rotatable bonds is 6. The fourth-order valence-corrected chi connectivity index (χ4v) is 2.92. The van der Waals surface area contributed by atoms with Crippen molar-refractivity contribution in [2.45, 2.75) is 20.4 Å². The monoisotopic (exact) mass is 351 g/mol. The Hall–Kier alpha value is -2.99. The van der Waals surface area contributed by atoms with Gasteiger partial charge in [0, 0.05) is 5.69 Å². The Labute approximate surface area is 151 Å². The molecule has 3 aromatic rings. The van der Waals surface area contributed by atoms with Gasteiger partial charge in [-0.25, -0.2) is 4.98 Å². The number of likely N-dealkylation sites (N-methyl/N-ethyl adjacent to an activating group) is 1. The van der Waals surface area contributed by atoms with Crippen LogP contribution in [0.15, 0.2) is 53.3 Å². The molecule has 3 N–H and O–H groups in total. The number of aryl methyl sites for hydroxylation is 1. The Bertz CT molecular complexity index is 981. The van der Waals surface area contributed by atoms with Crippen molar-refractivity contribution in [3.05, 3.63) is 70.3 Å². The molecule has 0 aliphatic heterocycles. The lowest BCUT2D eigenvalue weighted by molar-refractivity contribution is -0.904. The normalized spacial score (nSPS) is 12.1. The van der Waals surface area contributed by atoms with E-state index in [-0.39, 0.29) is 11.5 Å². The number of benzene rings is 2. The molecule has 0 bridgehead atoms. The smallest absolute Gasteiger partial charge is 0.279 e. The van der Waals surface area contributed by atoms with Gasteiger partial charge in [-0.05, 0) is 43.7 Å².